The predicted molar refractivity (Wildman–Crippen MR) is 96.3 cm³/mol. The highest BCUT2D eigenvalue weighted by Crippen LogP contribution is 2.21. The van der Waals surface area contributed by atoms with Gasteiger partial charge in [-0.3, -0.25) is 0 Å². The Labute approximate surface area is 145 Å². The Balaban J connectivity index is 1.66. The highest BCUT2D eigenvalue weighted by Gasteiger charge is 2.32. The molecule has 2 aliphatic rings. The van der Waals surface area contributed by atoms with Gasteiger partial charge < -0.3 is 19.7 Å². The van der Waals surface area contributed by atoms with Crippen LogP contribution in [0.2, 0.25) is 0 Å². The summed E-state index contributed by atoms with van der Waals surface area (Å²) in [5, 5.41) is 3.43. The van der Waals surface area contributed by atoms with E-state index in [0.29, 0.717) is 6.54 Å². The van der Waals surface area contributed by atoms with Gasteiger partial charge in [0, 0.05) is 26.2 Å². The second kappa shape index (κ2) is 8.49. The van der Waals surface area contributed by atoms with Crippen LogP contribution < -0.4 is 5.32 Å². The predicted octanol–water partition coefficient (Wildman–Crippen LogP) is 2.34. The van der Waals surface area contributed by atoms with Crippen molar-refractivity contribution >= 4 is 5.96 Å². The first kappa shape index (κ1) is 17.2. The van der Waals surface area contributed by atoms with E-state index in [-0.39, 0.29) is 12.2 Å². The molecule has 0 aromatic heterocycles. The van der Waals surface area contributed by atoms with E-state index in [4.69, 9.17) is 14.5 Å². The van der Waals surface area contributed by atoms with Gasteiger partial charge in [-0.05, 0) is 32.3 Å². The van der Waals surface area contributed by atoms with E-state index in [0.717, 1.165) is 51.6 Å². The number of aryl methyl sites for hydroxylation is 1. The van der Waals surface area contributed by atoms with E-state index in [9.17, 15) is 0 Å². The Morgan fingerprint density at radius 3 is 2.92 bits per heavy atom. The number of aliphatic imine (C=N–C) groups is 1. The Bertz CT molecular complexity index is 555. The number of hydrogen-bond donors (Lipinski definition) is 1. The average molecular weight is 331 g/mol. The fourth-order valence-corrected chi connectivity index (χ4v) is 3.39. The summed E-state index contributed by atoms with van der Waals surface area (Å²) < 4.78 is 11.8. The molecular weight excluding hydrogens is 302 g/mol. The molecule has 2 heterocycles. The summed E-state index contributed by atoms with van der Waals surface area (Å²) in [7, 11) is 0. The Morgan fingerprint density at radius 2 is 2.17 bits per heavy atom. The summed E-state index contributed by atoms with van der Waals surface area (Å²) in [5.74, 6) is 0.977. The molecule has 0 saturated carbocycles. The molecule has 5 heteroatoms. The summed E-state index contributed by atoms with van der Waals surface area (Å²) in [6.45, 7) is 9.13. The van der Waals surface area contributed by atoms with Crippen molar-refractivity contribution in [1.82, 2.24) is 10.2 Å². The third-order valence-electron chi connectivity index (χ3n) is 4.60. The van der Waals surface area contributed by atoms with Crippen molar-refractivity contribution in [3.63, 3.8) is 0 Å². The van der Waals surface area contributed by atoms with Gasteiger partial charge in [-0.25, -0.2) is 4.99 Å². The highest BCUT2D eigenvalue weighted by atomic mass is 16.5. The molecule has 1 aromatic rings. The smallest absolute Gasteiger partial charge is 0.194 e. The lowest BCUT2D eigenvalue weighted by atomic mass is 10.1. The molecule has 2 saturated heterocycles. The van der Waals surface area contributed by atoms with Crippen LogP contribution in [-0.4, -0.2) is 55.9 Å². The summed E-state index contributed by atoms with van der Waals surface area (Å²) in [5.41, 5.74) is 2.52. The van der Waals surface area contributed by atoms with Gasteiger partial charge in [0.1, 0.15) is 6.10 Å². The lowest BCUT2D eigenvalue weighted by Gasteiger charge is -2.37. The molecule has 0 aliphatic carbocycles. The van der Waals surface area contributed by atoms with Gasteiger partial charge >= 0.3 is 0 Å². The number of ether oxygens (including phenoxy) is 2. The molecule has 3 rings (SSSR count). The van der Waals surface area contributed by atoms with Gasteiger partial charge in [0.15, 0.2) is 5.96 Å². The zero-order valence-electron chi connectivity index (χ0n) is 14.8. The molecule has 1 N–H and O–H groups in total. The molecule has 2 fully saturated rings. The monoisotopic (exact) mass is 331 g/mol. The van der Waals surface area contributed by atoms with E-state index in [1.165, 1.54) is 11.1 Å². The molecular formula is C19H29N3O2. The molecule has 0 amide bonds. The molecule has 2 aliphatic heterocycles. The van der Waals surface area contributed by atoms with Crippen molar-refractivity contribution in [1.29, 1.82) is 0 Å². The van der Waals surface area contributed by atoms with Crippen molar-refractivity contribution in [2.75, 3.05) is 32.8 Å². The van der Waals surface area contributed by atoms with Crippen LogP contribution in [0.25, 0.3) is 0 Å². The van der Waals surface area contributed by atoms with Crippen molar-refractivity contribution in [3.05, 3.63) is 35.4 Å². The third-order valence-corrected chi connectivity index (χ3v) is 4.60. The fourth-order valence-electron chi connectivity index (χ4n) is 3.39. The van der Waals surface area contributed by atoms with Crippen molar-refractivity contribution in [2.24, 2.45) is 4.99 Å². The highest BCUT2D eigenvalue weighted by molar-refractivity contribution is 5.80. The molecule has 132 valence electrons. The van der Waals surface area contributed by atoms with E-state index >= 15 is 0 Å². The van der Waals surface area contributed by atoms with Crippen LogP contribution in [0.15, 0.2) is 29.3 Å². The van der Waals surface area contributed by atoms with Gasteiger partial charge in [0.05, 0.1) is 19.3 Å². The second-order valence-electron chi connectivity index (χ2n) is 6.57. The van der Waals surface area contributed by atoms with Crippen LogP contribution in [0, 0.1) is 6.92 Å². The lowest BCUT2D eigenvalue weighted by molar-refractivity contribution is -0.0817. The van der Waals surface area contributed by atoms with Crippen LogP contribution in [0.4, 0.5) is 0 Å². The number of nitrogens with one attached hydrogen (secondary N) is 1. The van der Waals surface area contributed by atoms with Crippen LogP contribution in [0.3, 0.4) is 0 Å². The van der Waals surface area contributed by atoms with E-state index in [1.807, 2.05) is 0 Å². The standard InChI is InChI=1S/C19H29N3O2/c1-3-20-19(21-13-16-7-4-6-15(2)12-16)22-9-11-24-18(14-22)17-8-5-10-23-17/h4,6-7,12,17-18H,3,5,8-11,13-14H2,1-2H3,(H,20,21). The number of benzene rings is 1. The van der Waals surface area contributed by atoms with Crippen LogP contribution in [0.1, 0.15) is 30.9 Å². The van der Waals surface area contributed by atoms with E-state index in [1.54, 1.807) is 0 Å². The molecule has 2 atom stereocenters. The Hall–Kier alpha value is -1.59. The summed E-state index contributed by atoms with van der Waals surface area (Å²) in [4.78, 5) is 7.16. The lowest BCUT2D eigenvalue weighted by Crippen LogP contribution is -2.53. The van der Waals surface area contributed by atoms with Gasteiger partial charge in [0.25, 0.3) is 0 Å². The Kier molecular flexibility index (Phi) is 6.10. The van der Waals surface area contributed by atoms with Crippen molar-refractivity contribution < 1.29 is 9.47 Å². The van der Waals surface area contributed by atoms with Gasteiger partial charge in [-0.1, -0.05) is 29.8 Å². The van der Waals surface area contributed by atoms with Crippen LogP contribution in [0.5, 0.6) is 0 Å². The Morgan fingerprint density at radius 1 is 1.29 bits per heavy atom. The third kappa shape index (κ3) is 4.48. The van der Waals surface area contributed by atoms with Crippen molar-refractivity contribution in [2.45, 2.75) is 45.4 Å². The number of morpholine rings is 1. The maximum absolute atomic E-state index is 5.95. The first-order valence-electron chi connectivity index (χ1n) is 9.08. The molecule has 0 spiro atoms. The minimum atomic E-state index is 0.157. The fraction of sp³-hybridized carbons (Fsp3) is 0.632. The summed E-state index contributed by atoms with van der Waals surface area (Å²) in [6, 6.07) is 8.54. The van der Waals surface area contributed by atoms with Gasteiger partial charge in [-0.15, -0.1) is 0 Å². The molecule has 0 bridgehead atoms. The van der Waals surface area contributed by atoms with Gasteiger partial charge in [0.2, 0.25) is 0 Å². The van der Waals surface area contributed by atoms with Gasteiger partial charge in [-0.2, -0.15) is 0 Å². The molecule has 5 nitrogen and oxygen atoms in total. The first-order chi connectivity index (χ1) is 11.8. The summed E-state index contributed by atoms with van der Waals surface area (Å²) >= 11 is 0. The van der Waals surface area contributed by atoms with E-state index < -0.39 is 0 Å². The number of hydrogen-bond acceptors (Lipinski definition) is 3. The normalized spacial score (nSPS) is 25.1. The zero-order valence-corrected chi connectivity index (χ0v) is 14.8. The van der Waals surface area contributed by atoms with Crippen molar-refractivity contribution in [3.8, 4) is 0 Å². The SMILES string of the molecule is CCNC(=NCc1cccc(C)c1)N1CCOC(C2CCCO2)C1. The largest absolute Gasteiger partial charge is 0.375 e. The topological polar surface area (TPSA) is 46.1 Å². The second-order valence-corrected chi connectivity index (χ2v) is 6.57. The maximum Gasteiger partial charge on any atom is 0.194 e. The molecule has 24 heavy (non-hydrogen) atoms. The average Bonchev–Trinajstić information content (AvgIpc) is 3.13. The first-order valence-corrected chi connectivity index (χ1v) is 9.08. The minimum Gasteiger partial charge on any atom is -0.375 e. The molecule has 1 aromatic carbocycles. The maximum atomic E-state index is 5.95. The summed E-state index contributed by atoms with van der Waals surface area (Å²) in [6.07, 6.45) is 2.65. The van der Waals surface area contributed by atoms with Crippen LogP contribution in [-0.2, 0) is 16.0 Å². The number of guanidine groups is 1. The quantitative estimate of drug-likeness (QED) is 0.679. The zero-order chi connectivity index (χ0) is 16.8. The molecule has 0 radical (unpaired) electrons. The molecule has 2 unspecified atom stereocenters. The minimum absolute atomic E-state index is 0.157. The number of rotatable bonds is 4. The number of nitrogens with zero attached hydrogens (tertiary/aromatic N) is 2. The van der Waals surface area contributed by atoms with Crippen LogP contribution >= 0.6 is 0 Å². The van der Waals surface area contributed by atoms with E-state index in [2.05, 4.69) is 48.3 Å².